The Kier molecular flexibility index (Phi) is 4.40. The summed E-state index contributed by atoms with van der Waals surface area (Å²) >= 11 is 3.53. The van der Waals surface area contributed by atoms with Gasteiger partial charge in [0.2, 0.25) is 0 Å². The van der Waals surface area contributed by atoms with Crippen molar-refractivity contribution in [3.05, 3.63) is 21.2 Å². The van der Waals surface area contributed by atoms with Gasteiger partial charge >= 0.3 is 6.03 Å². The number of rotatable bonds is 2. The molecular weight excluding hydrogens is 284 g/mol. The van der Waals surface area contributed by atoms with Crippen LogP contribution in [0.5, 0.6) is 5.75 Å². The maximum atomic E-state index is 11.4. The SMILES string of the molecule is CNC(=O)Nc1c(C)c(Br)c(C)c(C)c1OC. The van der Waals surface area contributed by atoms with E-state index >= 15 is 0 Å². The summed E-state index contributed by atoms with van der Waals surface area (Å²) in [6.07, 6.45) is 0. The van der Waals surface area contributed by atoms with E-state index in [1.807, 2.05) is 20.8 Å². The Hall–Kier alpha value is -1.23. The molecule has 0 saturated heterocycles. The van der Waals surface area contributed by atoms with Gasteiger partial charge in [0.1, 0.15) is 5.75 Å². The number of methoxy groups -OCH3 is 1. The van der Waals surface area contributed by atoms with Crippen LogP contribution in [0.15, 0.2) is 4.47 Å². The molecule has 0 aliphatic rings. The minimum absolute atomic E-state index is 0.262. The molecule has 0 radical (unpaired) electrons. The number of ether oxygens (including phenoxy) is 1. The maximum Gasteiger partial charge on any atom is 0.319 e. The molecule has 4 nitrogen and oxygen atoms in total. The minimum Gasteiger partial charge on any atom is -0.494 e. The van der Waals surface area contributed by atoms with Gasteiger partial charge in [0.15, 0.2) is 0 Å². The summed E-state index contributed by atoms with van der Waals surface area (Å²) in [7, 11) is 3.18. The zero-order valence-electron chi connectivity index (χ0n) is 10.7. The average molecular weight is 301 g/mol. The van der Waals surface area contributed by atoms with E-state index in [4.69, 9.17) is 4.74 Å². The maximum absolute atomic E-state index is 11.4. The fourth-order valence-electron chi connectivity index (χ4n) is 1.67. The summed E-state index contributed by atoms with van der Waals surface area (Å²) in [5.41, 5.74) is 3.77. The largest absolute Gasteiger partial charge is 0.494 e. The van der Waals surface area contributed by atoms with E-state index in [1.54, 1.807) is 14.2 Å². The second-order valence-corrected chi connectivity index (χ2v) is 4.59. The van der Waals surface area contributed by atoms with Crippen LogP contribution >= 0.6 is 15.9 Å². The number of benzene rings is 1. The van der Waals surface area contributed by atoms with Crippen LogP contribution in [-0.2, 0) is 0 Å². The first-order chi connectivity index (χ1) is 7.93. The summed E-state index contributed by atoms with van der Waals surface area (Å²) in [6, 6.07) is -0.262. The highest BCUT2D eigenvalue weighted by atomic mass is 79.9. The van der Waals surface area contributed by atoms with E-state index in [0.29, 0.717) is 11.4 Å². The Labute approximate surface area is 110 Å². The van der Waals surface area contributed by atoms with Crippen LogP contribution in [0.2, 0.25) is 0 Å². The van der Waals surface area contributed by atoms with Gasteiger partial charge in [0.05, 0.1) is 12.8 Å². The number of hydrogen-bond acceptors (Lipinski definition) is 2. The Bertz CT molecular complexity index is 459. The lowest BCUT2D eigenvalue weighted by molar-refractivity contribution is 0.254. The van der Waals surface area contributed by atoms with Crippen LogP contribution < -0.4 is 15.4 Å². The minimum atomic E-state index is -0.262. The molecule has 0 atom stereocenters. The van der Waals surface area contributed by atoms with E-state index in [0.717, 1.165) is 21.2 Å². The van der Waals surface area contributed by atoms with Crippen molar-refractivity contribution in [1.29, 1.82) is 0 Å². The van der Waals surface area contributed by atoms with E-state index < -0.39 is 0 Å². The van der Waals surface area contributed by atoms with Crippen LogP contribution in [0.25, 0.3) is 0 Å². The van der Waals surface area contributed by atoms with Gasteiger partial charge in [-0.15, -0.1) is 0 Å². The number of nitrogens with one attached hydrogen (secondary N) is 2. The molecule has 0 aromatic heterocycles. The Morgan fingerprint density at radius 3 is 2.24 bits per heavy atom. The molecule has 0 saturated carbocycles. The topological polar surface area (TPSA) is 50.4 Å². The van der Waals surface area contributed by atoms with Crippen LogP contribution in [0.4, 0.5) is 10.5 Å². The first-order valence-corrected chi connectivity index (χ1v) is 6.05. The number of carbonyl (C=O) groups excluding carboxylic acids is 1. The predicted octanol–water partition coefficient (Wildman–Crippen LogP) is 3.13. The Morgan fingerprint density at radius 2 is 1.76 bits per heavy atom. The van der Waals surface area contributed by atoms with Crippen molar-refractivity contribution in [2.45, 2.75) is 20.8 Å². The molecule has 1 rings (SSSR count). The highest BCUT2D eigenvalue weighted by molar-refractivity contribution is 9.10. The second kappa shape index (κ2) is 5.40. The molecule has 0 heterocycles. The standard InChI is InChI=1S/C12H17BrN2O2/c1-6-7(2)11(17-5)10(8(3)9(6)13)15-12(16)14-4/h1-5H3,(H2,14,15,16). The highest BCUT2D eigenvalue weighted by Crippen LogP contribution is 2.39. The lowest BCUT2D eigenvalue weighted by atomic mass is 10.0. The molecular formula is C12H17BrN2O2. The second-order valence-electron chi connectivity index (χ2n) is 3.80. The van der Waals surface area contributed by atoms with Crippen molar-refractivity contribution in [3.63, 3.8) is 0 Å². The van der Waals surface area contributed by atoms with Gasteiger partial charge in [-0.1, -0.05) is 15.9 Å². The zero-order valence-corrected chi connectivity index (χ0v) is 12.3. The monoisotopic (exact) mass is 300 g/mol. The van der Waals surface area contributed by atoms with E-state index in [2.05, 4.69) is 26.6 Å². The molecule has 94 valence electrons. The van der Waals surface area contributed by atoms with Gasteiger partial charge < -0.3 is 15.4 Å². The van der Waals surface area contributed by atoms with Crippen molar-refractivity contribution in [3.8, 4) is 5.75 Å². The molecule has 2 amide bonds. The van der Waals surface area contributed by atoms with Gasteiger partial charge in [-0.2, -0.15) is 0 Å². The summed E-state index contributed by atoms with van der Waals surface area (Å²) in [5, 5.41) is 5.31. The average Bonchev–Trinajstić information content (AvgIpc) is 2.33. The molecule has 17 heavy (non-hydrogen) atoms. The Morgan fingerprint density at radius 1 is 1.18 bits per heavy atom. The molecule has 5 heteroatoms. The first-order valence-electron chi connectivity index (χ1n) is 5.26. The summed E-state index contributed by atoms with van der Waals surface area (Å²) in [6.45, 7) is 5.91. The lowest BCUT2D eigenvalue weighted by Gasteiger charge is -2.19. The van der Waals surface area contributed by atoms with Gasteiger partial charge in [-0.3, -0.25) is 0 Å². The fourth-order valence-corrected chi connectivity index (χ4v) is 2.16. The molecule has 0 aliphatic heterocycles. The molecule has 0 aliphatic carbocycles. The molecule has 1 aromatic carbocycles. The summed E-state index contributed by atoms with van der Waals surface area (Å²) in [4.78, 5) is 11.4. The third-order valence-corrected chi connectivity index (χ3v) is 4.02. The van der Waals surface area contributed by atoms with Crippen LogP contribution in [0.3, 0.4) is 0 Å². The van der Waals surface area contributed by atoms with Gasteiger partial charge in [0.25, 0.3) is 0 Å². The van der Waals surface area contributed by atoms with Gasteiger partial charge in [-0.05, 0) is 37.5 Å². The molecule has 1 aromatic rings. The normalized spacial score (nSPS) is 10.0. The summed E-state index contributed by atoms with van der Waals surface area (Å²) < 4.78 is 6.36. The van der Waals surface area contributed by atoms with E-state index in [-0.39, 0.29) is 6.03 Å². The van der Waals surface area contributed by atoms with Crippen LogP contribution in [-0.4, -0.2) is 20.2 Å². The number of anilines is 1. The van der Waals surface area contributed by atoms with E-state index in [1.165, 1.54) is 0 Å². The van der Waals surface area contributed by atoms with Crippen molar-refractivity contribution in [2.75, 3.05) is 19.5 Å². The molecule has 0 spiro atoms. The number of halogens is 1. The predicted molar refractivity (Wildman–Crippen MR) is 73.0 cm³/mol. The van der Waals surface area contributed by atoms with Gasteiger partial charge in [-0.25, -0.2) is 4.79 Å². The third-order valence-electron chi connectivity index (χ3n) is 2.83. The number of carbonyl (C=O) groups is 1. The molecule has 2 N–H and O–H groups in total. The van der Waals surface area contributed by atoms with Crippen molar-refractivity contribution >= 4 is 27.6 Å². The van der Waals surface area contributed by atoms with Crippen LogP contribution in [0.1, 0.15) is 16.7 Å². The zero-order chi connectivity index (χ0) is 13.2. The molecule has 0 unspecified atom stereocenters. The van der Waals surface area contributed by atoms with Crippen LogP contribution in [0, 0.1) is 20.8 Å². The van der Waals surface area contributed by atoms with Crippen molar-refractivity contribution < 1.29 is 9.53 Å². The fraction of sp³-hybridized carbons (Fsp3) is 0.417. The first kappa shape index (κ1) is 13.8. The molecule has 0 bridgehead atoms. The third kappa shape index (κ3) is 2.54. The summed E-state index contributed by atoms with van der Waals surface area (Å²) in [5.74, 6) is 0.701. The quantitative estimate of drug-likeness (QED) is 0.881. The number of urea groups is 1. The number of hydrogen-bond donors (Lipinski definition) is 2. The van der Waals surface area contributed by atoms with E-state index in [9.17, 15) is 4.79 Å². The van der Waals surface area contributed by atoms with Crippen molar-refractivity contribution in [2.24, 2.45) is 0 Å². The highest BCUT2D eigenvalue weighted by Gasteiger charge is 2.17. The lowest BCUT2D eigenvalue weighted by Crippen LogP contribution is -2.25. The van der Waals surface area contributed by atoms with Gasteiger partial charge in [0, 0.05) is 11.5 Å². The smallest absolute Gasteiger partial charge is 0.319 e. The Balaban J connectivity index is 3.41. The molecule has 0 fully saturated rings. The number of amides is 2. The van der Waals surface area contributed by atoms with Crippen molar-refractivity contribution in [1.82, 2.24) is 5.32 Å².